The molecule has 0 aromatic rings. The smallest absolute Gasteiger partial charge is 0.0682 e. The van der Waals surface area contributed by atoms with Crippen LogP contribution in [0.15, 0.2) is 11.8 Å². The summed E-state index contributed by atoms with van der Waals surface area (Å²) in [6.07, 6.45) is 8.48. The van der Waals surface area contributed by atoms with Gasteiger partial charge in [-0.3, -0.25) is 0 Å². The SMILES string of the molecule is [2H]/C(=C\CCCCCC)[Si](C)(C)C. The topological polar surface area (TPSA) is 0 Å². The van der Waals surface area contributed by atoms with E-state index in [9.17, 15) is 0 Å². The second-order valence-corrected chi connectivity index (χ2v) is 9.24. The van der Waals surface area contributed by atoms with Gasteiger partial charge in [0.2, 0.25) is 0 Å². The predicted molar refractivity (Wildman–Crippen MR) is 61.2 cm³/mol. The molecule has 0 N–H and O–H groups in total. The van der Waals surface area contributed by atoms with Gasteiger partial charge in [0.15, 0.2) is 0 Å². The Hall–Kier alpha value is -0.0431. The quantitative estimate of drug-likeness (QED) is 0.425. The molecule has 0 saturated heterocycles. The van der Waals surface area contributed by atoms with E-state index in [2.05, 4.69) is 32.6 Å². The van der Waals surface area contributed by atoms with E-state index in [4.69, 9.17) is 1.37 Å². The molecule has 0 unspecified atom stereocenters. The summed E-state index contributed by atoms with van der Waals surface area (Å²) in [4.78, 5) is 0. The first kappa shape index (κ1) is 10.0. The van der Waals surface area contributed by atoms with Gasteiger partial charge in [-0.2, -0.15) is 0 Å². The van der Waals surface area contributed by atoms with E-state index in [1.165, 1.54) is 25.7 Å². The van der Waals surface area contributed by atoms with Gasteiger partial charge >= 0.3 is 0 Å². The van der Waals surface area contributed by atoms with Crippen LogP contribution in [-0.4, -0.2) is 8.07 Å². The standard InChI is InChI=1S/C11H24Si/c1-5-6-7-8-9-10-11-12(2,3)4/h10-11H,5-9H2,1-4H3/b11-10+/i11D. The van der Waals surface area contributed by atoms with E-state index in [1.54, 1.807) is 0 Å². The van der Waals surface area contributed by atoms with Gasteiger partial charge in [-0.15, -0.1) is 0 Å². The van der Waals surface area contributed by atoms with Crippen LogP contribution in [-0.2, 0) is 0 Å². The van der Waals surface area contributed by atoms with Gasteiger partial charge in [0.1, 0.15) is 0 Å². The lowest BCUT2D eigenvalue weighted by molar-refractivity contribution is 0.674. The molecule has 0 bridgehead atoms. The van der Waals surface area contributed by atoms with Crippen LogP contribution < -0.4 is 0 Å². The van der Waals surface area contributed by atoms with Crippen molar-refractivity contribution in [3.8, 4) is 0 Å². The molecular formula is C11H24Si. The minimum atomic E-state index is -1.30. The van der Waals surface area contributed by atoms with Crippen LogP contribution in [0, 0.1) is 0 Å². The highest BCUT2D eigenvalue weighted by Crippen LogP contribution is 2.06. The molecule has 1 heteroatoms. The van der Waals surface area contributed by atoms with Crippen LogP contribution in [0.1, 0.15) is 40.4 Å². The molecule has 0 aromatic heterocycles. The van der Waals surface area contributed by atoms with Gasteiger partial charge in [0, 0.05) is 0 Å². The molecule has 0 rings (SSSR count). The Morgan fingerprint density at radius 1 is 1.17 bits per heavy atom. The molecule has 12 heavy (non-hydrogen) atoms. The zero-order chi connectivity index (χ0) is 10.3. The van der Waals surface area contributed by atoms with Gasteiger partial charge in [-0.05, 0) is 12.8 Å². The number of rotatable bonds is 6. The normalized spacial score (nSPS) is 14.7. The maximum atomic E-state index is 7.83. The van der Waals surface area contributed by atoms with Crippen LogP contribution >= 0.6 is 0 Å². The summed E-state index contributed by atoms with van der Waals surface area (Å²) in [5.74, 6) is 0. The Kier molecular flexibility index (Phi) is 5.41. The first-order valence-corrected chi connectivity index (χ1v) is 8.65. The van der Waals surface area contributed by atoms with Gasteiger partial charge < -0.3 is 0 Å². The fourth-order valence-corrected chi connectivity index (χ4v) is 1.81. The highest BCUT2D eigenvalue weighted by molar-refractivity contribution is 6.80. The fraction of sp³-hybridized carbons (Fsp3) is 0.818. The van der Waals surface area contributed by atoms with E-state index >= 15 is 0 Å². The Labute approximate surface area is 80.5 Å². The average molecular weight is 185 g/mol. The minimum absolute atomic E-state index is 0.920. The van der Waals surface area contributed by atoms with Crippen LogP contribution in [0.2, 0.25) is 19.6 Å². The van der Waals surface area contributed by atoms with Crippen LogP contribution in [0.3, 0.4) is 0 Å². The lowest BCUT2D eigenvalue weighted by atomic mass is 10.2. The summed E-state index contributed by atoms with van der Waals surface area (Å²) in [6.45, 7) is 8.93. The molecule has 0 fully saturated rings. The van der Waals surface area contributed by atoms with Crippen molar-refractivity contribution in [2.75, 3.05) is 0 Å². The summed E-state index contributed by atoms with van der Waals surface area (Å²) in [5.41, 5.74) is 0.920. The second-order valence-electron chi connectivity index (χ2n) is 4.45. The summed E-state index contributed by atoms with van der Waals surface area (Å²) >= 11 is 0. The third kappa shape index (κ3) is 9.96. The molecule has 0 saturated carbocycles. The Balaban J connectivity index is 3.60. The van der Waals surface area contributed by atoms with Crippen LogP contribution in [0.4, 0.5) is 0 Å². The van der Waals surface area contributed by atoms with Crippen molar-refractivity contribution in [2.45, 2.75) is 58.7 Å². The number of hydrogen-bond donors (Lipinski definition) is 0. The van der Waals surface area contributed by atoms with Crippen LogP contribution in [0.25, 0.3) is 0 Å². The Morgan fingerprint density at radius 2 is 1.83 bits per heavy atom. The van der Waals surface area contributed by atoms with Crippen molar-refractivity contribution in [3.05, 3.63) is 11.8 Å². The summed E-state index contributed by atoms with van der Waals surface area (Å²) in [7, 11) is -1.30. The van der Waals surface area contributed by atoms with Crippen molar-refractivity contribution < 1.29 is 1.37 Å². The highest BCUT2D eigenvalue weighted by atomic mass is 28.3. The molecule has 0 aliphatic carbocycles. The van der Waals surface area contributed by atoms with E-state index in [1.807, 2.05) is 0 Å². The summed E-state index contributed by atoms with van der Waals surface area (Å²) in [6, 6.07) is 0. The summed E-state index contributed by atoms with van der Waals surface area (Å²) in [5, 5.41) is 0. The maximum Gasteiger partial charge on any atom is 0.0682 e. The lowest BCUT2D eigenvalue weighted by Gasteiger charge is -2.07. The molecule has 0 aromatic carbocycles. The van der Waals surface area contributed by atoms with Crippen molar-refractivity contribution in [1.29, 1.82) is 0 Å². The van der Waals surface area contributed by atoms with Crippen molar-refractivity contribution >= 4 is 8.07 Å². The monoisotopic (exact) mass is 185 g/mol. The molecule has 0 amide bonds. The zero-order valence-corrected chi connectivity index (χ0v) is 10.1. The molecule has 0 nitrogen and oxygen atoms in total. The highest BCUT2D eigenvalue weighted by Gasteiger charge is 2.05. The third-order valence-corrected chi connectivity index (χ3v) is 2.81. The molecule has 0 radical (unpaired) electrons. The molecule has 0 aliphatic rings. The number of unbranched alkanes of at least 4 members (excludes halogenated alkanes) is 4. The Morgan fingerprint density at radius 3 is 2.33 bits per heavy atom. The van der Waals surface area contributed by atoms with Gasteiger partial charge in [0.25, 0.3) is 0 Å². The lowest BCUT2D eigenvalue weighted by Crippen LogP contribution is -2.15. The van der Waals surface area contributed by atoms with Crippen molar-refractivity contribution in [2.24, 2.45) is 0 Å². The second kappa shape index (κ2) is 6.47. The number of hydrogen-bond acceptors (Lipinski definition) is 0. The molecule has 0 aliphatic heterocycles. The van der Waals surface area contributed by atoms with Gasteiger partial charge in [-0.1, -0.05) is 57.6 Å². The largest absolute Gasteiger partial charge is 0.0989 e. The van der Waals surface area contributed by atoms with Crippen molar-refractivity contribution in [1.82, 2.24) is 0 Å². The number of allylic oxidation sites excluding steroid dienone is 1. The fourth-order valence-electron chi connectivity index (χ4n) is 1.05. The Bertz CT molecular complexity index is 156. The minimum Gasteiger partial charge on any atom is -0.0989 e. The molecule has 0 spiro atoms. The molecular weight excluding hydrogens is 160 g/mol. The van der Waals surface area contributed by atoms with E-state index in [-0.39, 0.29) is 0 Å². The predicted octanol–water partition coefficient (Wildman–Crippen LogP) is 4.39. The zero-order valence-electron chi connectivity index (χ0n) is 10.1. The van der Waals surface area contributed by atoms with E-state index in [0.717, 1.165) is 12.1 Å². The molecule has 0 atom stereocenters. The maximum absolute atomic E-state index is 7.83. The van der Waals surface area contributed by atoms with E-state index < -0.39 is 8.07 Å². The first-order chi connectivity index (χ1) is 5.98. The van der Waals surface area contributed by atoms with Crippen LogP contribution in [0.5, 0.6) is 0 Å². The summed E-state index contributed by atoms with van der Waals surface area (Å²) < 4.78 is 7.83. The first-order valence-electron chi connectivity index (χ1n) is 5.65. The third-order valence-electron chi connectivity index (χ3n) is 1.74. The molecule has 72 valence electrons. The van der Waals surface area contributed by atoms with Gasteiger partial charge in [0.05, 0.1) is 9.44 Å². The van der Waals surface area contributed by atoms with E-state index in [0.29, 0.717) is 0 Å². The average Bonchev–Trinajstić information content (AvgIpc) is 2.02. The van der Waals surface area contributed by atoms with Gasteiger partial charge in [-0.25, -0.2) is 0 Å². The van der Waals surface area contributed by atoms with Crippen molar-refractivity contribution in [3.63, 3.8) is 0 Å². The molecule has 0 heterocycles.